The highest BCUT2D eigenvalue weighted by molar-refractivity contribution is 4.92. The zero-order chi connectivity index (χ0) is 13.6. The molecule has 19 heavy (non-hydrogen) atoms. The van der Waals surface area contributed by atoms with E-state index in [1.165, 1.54) is 90.0 Å². The quantitative estimate of drug-likeness (QED) is 0.357. The van der Waals surface area contributed by atoms with Crippen LogP contribution in [0.4, 0.5) is 0 Å². The maximum absolute atomic E-state index is 3.70. The van der Waals surface area contributed by atoms with Gasteiger partial charge >= 0.3 is 0 Å². The maximum Gasteiger partial charge on any atom is 0.0104 e. The average molecular weight is 265 g/mol. The zero-order valence-electron chi connectivity index (χ0n) is 13.1. The summed E-state index contributed by atoms with van der Waals surface area (Å²) >= 11 is 0. The summed E-state index contributed by atoms with van der Waals surface area (Å²) in [5, 5.41) is 3.70. The van der Waals surface area contributed by atoms with Crippen LogP contribution in [0.5, 0.6) is 0 Å². The first-order chi connectivity index (χ1) is 9.43. The fourth-order valence-corrected chi connectivity index (χ4v) is 2.90. The van der Waals surface area contributed by atoms with Gasteiger partial charge in [0, 0.05) is 6.04 Å². The molecular formula is C18H35N. The molecule has 1 atom stereocenters. The highest BCUT2D eigenvalue weighted by Crippen LogP contribution is 2.12. The lowest BCUT2D eigenvalue weighted by Gasteiger charge is -2.19. The van der Waals surface area contributed by atoms with Crippen LogP contribution in [0.25, 0.3) is 0 Å². The van der Waals surface area contributed by atoms with Gasteiger partial charge in [-0.25, -0.2) is 0 Å². The number of unbranched alkanes of at least 4 members (excludes halogenated alkanes) is 9. The van der Waals surface area contributed by atoms with Gasteiger partial charge in [-0.05, 0) is 32.2 Å². The van der Waals surface area contributed by atoms with E-state index in [2.05, 4.69) is 24.4 Å². The van der Waals surface area contributed by atoms with Gasteiger partial charge in [0.15, 0.2) is 0 Å². The molecule has 0 heterocycles. The molecule has 0 spiro atoms. The minimum absolute atomic E-state index is 0.767. The Bertz CT molecular complexity index is 210. The second kappa shape index (κ2) is 12.7. The fraction of sp³-hybridized carbons (Fsp3) is 0.889. The van der Waals surface area contributed by atoms with Crippen LogP contribution in [0.2, 0.25) is 0 Å². The Morgan fingerprint density at radius 1 is 0.842 bits per heavy atom. The van der Waals surface area contributed by atoms with Crippen molar-refractivity contribution >= 4 is 0 Å². The van der Waals surface area contributed by atoms with E-state index in [1.807, 2.05) is 0 Å². The van der Waals surface area contributed by atoms with E-state index in [0.29, 0.717) is 0 Å². The standard InChI is InChI=1S/C18H35N/c1-2-3-4-5-6-7-8-9-10-14-17-19-18-15-12-11-13-16-18/h11-12,18-19H,2-10,13-17H2,1H3. The molecule has 0 aromatic rings. The van der Waals surface area contributed by atoms with Crippen LogP contribution >= 0.6 is 0 Å². The maximum atomic E-state index is 3.70. The van der Waals surface area contributed by atoms with Crippen LogP contribution in [-0.2, 0) is 0 Å². The summed E-state index contributed by atoms with van der Waals surface area (Å²) in [7, 11) is 0. The second-order valence-corrected chi connectivity index (χ2v) is 6.12. The first-order valence-corrected chi connectivity index (χ1v) is 8.82. The number of nitrogens with one attached hydrogen (secondary N) is 1. The van der Waals surface area contributed by atoms with Crippen molar-refractivity contribution in [2.24, 2.45) is 0 Å². The summed E-state index contributed by atoms with van der Waals surface area (Å²) in [4.78, 5) is 0. The van der Waals surface area contributed by atoms with Gasteiger partial charge in [-0.1, -0.05) is 76.9 Å². The number of hydrogen-bond acceptors (Lipinski definition) is 1. The third kappa shape index (κ3) is 10.2. The normalized spacial score (nSPS) is 18.9. The van der Waals surface area contributed by atoms with Crippen molar-refractivity contribution in [3.63, 3.8) is 0 Å². The smallest absolute Gasteiger partial charge is 0.0104 e. The van der Waals surface area contributed by atoms with Crippen molar-refractivity contribution in [1.82, 2.24) is 5.32 Å². The molecule has 0 aromatic carbocycles. The Morgan fingerprint density at radius 2 is 1.47 bits per heavy atom. The van der Waals surface area contributed by atoms with Gasteiger partial charge in [0.25, 0.3) is 0 Å². The number of hydrogen-bond donors (Lipinski definition) is 1. The van der Waals surface area contributed by atoms with Gasteiger partial charge in [0.1, 0.15) is 0 Å². The Hall–Kier alpha value is -0.300. The summed E-state index contributed by atoms with van der Waals surface area (Å²) in [6.07, 6.45) is 22.9. The minimum Gasteiger partial charge on any atom is -0.314 e. The van der Waals surface area contributed by atoms with E-state index in [1.54, 1.807) is 0 Å². The summed E-state index contributed by atoms with van der Waals surface area (Å²) in [6.45, 7) is 3.52. The van der Waals surface area contributed by atoms with E-state index in [4.69, 9.17) is 0 Å². The lowest BCUT2D eigenvalue weighted by atomic mass is 10.0. The van der Waals surface area contributed by atoms with Crippen molar-refractivity contribution < 1.29 is 0 Å². The zero-order valence-corrected chi connectivity index (χ0v) is 13.1. The van der Waals surface area contributed by atoms with Crippen LogP contribution in [0.3, 0.4) is 0 Å². The lowest BCUT2D eigenvalue weighted by molar-refractivity contribution is 0.459. The molecule has 0 saturated heterocycles. The molecule has 1 heteroatoms. The van der Waals surface area contributed by atoms with Gasteiger partial charge < -0.3 is 5.32 Å². The largest absolute Gasteiger partial charge is 0.314 e. The number of rotatable bonds is 12. The predicted molar refractivity (Wildman–Crippen MR) is 86.6 cm³/mol. The molecular weight excluding hydrogens is 230 g/mol. The van der Waals surface area contributed by atoms with Crippen molar-refractivity contribution in [1.29, 1.82) is 0 Å². The van der Waals surface area contributed by atoms with Gasteiger partial charge in [-0.3, -0.25) is 0 Å². The van der Waals surface area contributed by atoms with Crippen molar-refractivity contribution in [3.05, 3.63) is 12.2 Å². The molecule has 1 aliphatic rings. The molecule has 1 N–H and O–H groups in total. The molecule has 0 fully saturated rings. The van der Waals surface area contributed by atoms with E-state index in [-0.39, 0.29) is 0 Å². The highest BCUT2D eigenvalue weighted by Gasteiger charge is 2.07. The van der Waals surface area contributed by atoms with Gasteiger partial charge in [0.2, 0.25) is 0 Å². The molecule has 0 saturated carbocycles. The van der Waals surface area contributed by atoms with Crippen molar-refractivity contribution in [3.8, 4) is 0 Å². The monoisotopic (exact) mass is 265 g/mol. The molecule has 1 rings (SSSR count). The Balaban J connectivity index is 1.72. The molecule has 0 bridgehead atoms. The summed E-state index contributed by atoms with van der Waals surface area (Å²) in [6, 6.07) is 0.767. The molecule has 0 aliphatic heterocycles. The first kappa shape index (κ1) is 16.8. The first-order valence-electron chi connectivity index (χ1n) is 8.82. The van der Waals surface area contributed by atoms with Crippen molar-refractivity contribution in [2.75, 3.05) is 6.54 Å². The van der Waals surface area contributed by atoms with Gasteiger partial charge in [-0.2, -0.15) is 0 Å². The third-order valence-corrected chi connectivity index (χ3v) is 4.23. The molecule has 0 amide bonds. The third-order valence-electron chi connectivity index (χ3n) is 4.23. The topological polar surface area (TPSA) is 12.0 Å². The Morgan fingerprint density at radius 3 is 2.05 bits per heavy atom. The fourth-order valence-electron chi connectivity index (χ4n) is 2.90. The van der Waals surface area contributed by atoms with Crippen LogP contribution < -0.4 is 5.32 Å². The Labute approximate surface area is 121 Å². The highest BCUT2D eigenvalue weighted by atomic mass is 14.9. The average Bonchev–Trinajstić information content (AvgIpc) is 2.46. The van der Waals surface area contributed by atoms with E-state index in [9.17, 15) is 0 Å². The van der Waals surface area contributed by atoms with Crippen LogP contribution in [0, 0.1) is 0 Å². The minimum atomic E-state index is 0.767. The second-order valence-electron chi connectivity index (χ2n) is 6.12. The molecule has 1 aliphatic carbocycles. The number of allylic oxidation sites excluding steroid dienone is 1. The molecule has 0 aromatic heterocycles. The van der Waals surface area contributed by atoms with Crippen LogP contribution in [0.15, 0.2) is 12.2 Å². The molecule has 0 radical (unpaired) electrons. The molecule has 112 valence electrons. The van der Waals surface area contributed by atoms with E-state index >= 15 is 0 Å². The summed E-state index contributed by atoms with van der Waals surface area (Å²) in [5.74, 6) is 0. The SMILES string of the molecule is CCCCCCCCCCCCNC1CC=CCC1. The summed E-state index contributed by atoms with van der Waals surface area (Å²) in [5.41, 5.74) is 0. The Kier molecular flexibility index (Phi) is 11.2. The van der Waals surface area contributed by atoms with Crippen LogP contribution in [0.1, 0.15) is 90.4 Å². The predicted octanol–water partition coefficient (Wildman–Crippen LogP) is 5.61. The summed E-state index contributed by atoms with van der Waals surface area (Å²) < 4.78 is 0. The molecule has 1 nitrogen and oxygen atoms in total. The van der Waals surface area contributed by atoms with Gasteiger partial charge in [-0.15, -0.1) is 0 Å². The van der Waals surface area contributed by atoms with Crippen LogP contribution in [-0.4, -0.2) is 12.6 Å². The van der Waals surface area contributed by atoms with Gasteiger partial charge in [0.05, 0.1) is 0 Å². The molecule has 1 unspecified atom stereocenters. The lowest BCUT2D eigenvalue weighted by Crippen LogP contribution is -2.30. The van der Waals surface area contributed by atoms with Crippen molar-refractivity contribution in [2.45, 2.75) is 96.4 Å². The van der Waals surface area contributed by atoms with E-state index < -0.39 is 0 Å². The van der Waals surface area contributed by atoms with E-state index in [0.717, 1.165) is 6.04 Å².